The van der Waals surface area contributed by atoms with Crippen LogP contribution < -0.4 is 11.2 Å². The molecular formula is C12H15N4O8P. The summed E-state index contributed by atoms with van der Waals surface area (Å²) in [5, 5.41) is 20.1. The molecule has 1 fully saturated rings. The number of hydrogen-bond donors (Lipinski definition) is 4. The summed E-state index contributed by atoms with van der Waals surface area (Å²) < 4.78 is 24.0. The molecule has 25 heavy (non-hydrogen) atoms. The average molecular weight is 374 g/mol. The number of aromatic amines is 1. The van der Waals surface area contributed by atoms with E-state index in [4.69, 9.17) is 9.26 Å². The van der Waals surface area contributed by atoms with Crippen LogP contribution in [0, 0.1) is 0 Å². The van der Waals surface area contributed by atoms with Crippen molar-refractivity contribution in [2.45, 2.75) is 24.5 Å². The molecule has 0 amide bonds. The molecule has 1 aliphatic heterocycles. The van der Waals surface area contributed by atoms with Crippen molar-refractivity contribution < 1.29 is 28.9 Å². The summed E-state index contributed by atoms with van der Waals surface area (Å²) in [5.74, 6) is 0. The minimum absolute atomic E-state index is 0.529. The first-order valence-corrected chi connectivity index (χ1v) is 8.62. The Morgan fingerprint density at radius 1 is 1.32 bits per heavy atom. The molecule has 136 valence electrons. The lowest BCUT2D eigenvalue weighted by Gasteiger charge is -2.18. The summed E-state index contributed by atoms with van der Waals surface area (Å²) in [5.41, 5.74) is -1.47. The maximum absolute atomic E-state index is 12.0. The Morgan fingerprint density at radius 2 is 2.08 bits per heavy atom. The Kier molecular flexibility index (Phi) is 4.73. The summed E-state index contributed by atoms with van der Waals surface area (Å²) >= 11 is 0. The van der Waals surface area contributed by atoms with E-state index < -0.39 is 50.1 Å². The van der Waals surface area contributed by atoms with Gasteiger partial charge in [0.05, 0.1) is 6.61 Å². The third kappa shape index (κ3) is 3.49. The van der Waals surface area contributed by atoms with E-state index in [9.17, 15) is 29.3 Å². The zero-order valence-corrected chi connectivity index (χ0v) is 13.5. The Bertz CT molecular complexity index is 893. The molecular weight excluding hydrogens is 359 g/mol. The van der Waals surface area contributed by atoms with E-state index in [2.05, 4.69) is 4.98 Å². The van der Waals surface area contributed by atoms with Gasteiger partial charge in [-0.15, -0.1) is 0 Å². The van der Waals surface area contributed by atoms with E-state index in [0.29, 0.717) is 0 Å². The molecule has 0 saturated carbocycles. The Balaban J connectivity index is 1.73. The van der Waals surface area contributed by atoms with Gasteiger partial charge >= 0.3 is 13.4 Å². The van der Waals surface area contributed by atoms with Gasteiger partial charge in [-0.05, 0) is 0 Å². The first-order chi connectivity index (χ1) is 11.8. The highest BCUT2D eigenvalue weighted by Crippen LogP contribution is 2.44. The molecule has 13 heteroatoms. The van der Waals surface area contributed by atoms with Gasteiger partial charge in [-0.3, -0.25) is 18.9 Å². The number of aromatic nitrogens is 4. The van der Waals surface area contributed by atoms with Crippen LogP contribution in [0.1, 0.15) is 6.23 Å². The maximum Gasteiger partial charge on any atom is 0.437 e. The SMILES string of the molecule is O=c1ccn(C2OC(COP(=O)(O)n3ccnc3)C(O)C2O)c(=O)[nH]1. The van der Waals surface area contributed by atoms with Gasteiger partial charge in [-0.2, -0.15) is 0 Å². The highest BCUT2D eigenvalue weighted by Gasteiger charge is 2.45. The van der Waals surface area contributed by atoms with Gasteiger partial charge in [0.2, 0.25) is 0 Å². The van der Waals surface area contributed by atoms with Crippen LogP contribution in [0.25, 0.3) is 0 Å². The van der Waals surface area contributed by atoms with Crippen LogP contribution in [0.5, 0.6) is 0 Å². The lowest BCUT2D eigenvalue weighted by Crippen LogP contribution is -2.37. The number of hydrogen-bond acceptors (Lipinski definition) is 8. The molecule has 0 bridgehead atoms. The van der Waals surface area contributed by atoms with Crippen molar-refractivity contribution in [3.8, 4) is 0 Å². The van der Waals surface area contributed by atoms with Crippen LogP contribution in [0.2, 0.25) is 0 Å². The van der Waals surface area contributed by atoms with Gasteiger partial charge in [0.1, 0.15) is 24.6 Å². The number of aliphatic hydroxyl groups is 2. The molecule has 0 radical (unpaired) electrons. The van der Waals surface area contributed by atoms with Gasteiger partial charge in [0, 0.05) is 24.7 Å². The lowest BCUT2D eigenvalue weighted by molar-refractivity contribution is -0.0527. The largest absolute Gasteiger partial charge is 0.437 e. The number of nitrogens with one attached hydrogen (secondary N) is 1. The van der Waals surface area contributed by atoms with Gasteiger partial charge < -0.3 is 19.8 Å². The molecule has 12 nitrogen and oxygen atoms in total. The molecule has 5 unspecified atom stereocenters. The minimum atomic E-state index is -4.24. The van der Waals surface area contributed by atoms with Crippen LogP contribution in [0.3, 0.4) is 0 Å². The second-order valence-corrected chi connectivity index (χ2v) is 6.99. The topological polar surface area (TPSA) is 169 Å². The fourth-order valence-electron chi connectivity index (χ4n) is 2.36. The highest BCUT2D eigenvalue weighted by atomic mass is 31.2. The Morgan fingerprint density at radius 3 is 2.72 bits per heavy atom. The first kappa shape index (κ1) is 17.7. The lowest BCUT2D eigenvalue weighted by atomic mass is 10.1. The van der Waals surface area contributed by atoms with E-state index >= 15 is 0 Å². The van der Waals surface area contributed by atoms with Crippen molar-refractivity contribution >= 4 is 7.75 Å². The monoisotopic (exact) mass is 374 g/mol. The van der Waals surface area contributed by atoms with E-state index in [1.807, 2.05) is 4.98 Å². The third-order valence-corrected chi connectivity index (χ3v) is 4.96. The molecule has 5 atom stereocenters. The van der Waals surface area contributed by atoms with Gasteiger partial charge in [0.25, 0.3) is 5.56 Å². The van der Waals surface area contributed by atoms with E-state index in [-0.39, 0.29) is 0 Å². The zero-order valence-electron chi connectivity index (χ0n) is 12.6. The average Bonchev–Trinajstić information content (AvgIpc) is 3.18. The molecule has 1 saturated heterocycles. The van der Waals surface area contributed by atoms with Crippen molar-refractivity contribution in [1.29, 1.82) is 0 Å². The van der Waals surface area contributed by atoms with Crippen LogP contribution >= 0.6 is 7.75 Å². The number of H-pyrrole nitrogens is 1. The molecule has 0 aromatic carbocycles. The number of nitrogens with zero attached hydrogens (tertiary/aromatic N) is 3. The van der Waals surface area contributed by atoms with E-state index in [0.717, 1.165) is 27.5 Å². The van der Waals surface area contributed by atoms with Crippen molar-refractivity contribution in [3.05, 3.63) is 51.8 Å². The normalized spacial score (nSPS) is 28.8. The van der Waals surface area contributed by atoms with Crippen LogP contribution in [0.4, 0.5) is 0 Å². The molecule has 3 rings (SSSR count). The summed E-state index contributed by atoms with van der Waals surface area (Å²) in [7, 11) is -4.24. The fraction of sp³-hybridized carbons (Fsp3) is 0.417. The van der Waals surface area contributed by atoms with Crippen molar-refractivity contribution in [1.82, 2.24) is 18.9 Å². The quantitative estimate of drug-likeness (QED) is 0.433. The molecule has 2 aromatic rings. The molecule has 0 aliphatic carbocycles. The zero-order chi connectivity index (χ0) is 18.2. The summed E-state index contributed by atoms with van der Waals surface area (Å²) in [6.07, 6.45) is -0.755. The number of ether oxygens (including phenoxy) is 1. The van der Waals surface area contributed by atoms with Gasteiger partial charge in [0.15, 0.2) is 6.23 Å². The molecule has 4 N–H and O–H groups in total. The van der Waals surface area contributed by atoms with Gasteiger partial charge in [-0.25, -0.2) is 18.7 Å². The van der Waals surface area contributed by atoms with Crippen LogP contribution in [0.15, 0.2) is 40.6 Å². The van der Waals surface area contributed by atoms with Crippen molar-refractivity contribution in [2.75, 3.05) is 6.61 Å². The predicted octanol–water partition coefficient (Wildman–Crippen LogP) is -1.98. The Hall–Kier alpha value is -2.08. The van der Waals surface area contributed by atoms with Crippen LogP contribution in [-0.4, -0.2) is 58.9 Å². The van der Waals surface area contributed by atoms with Crippen LogP contribution in [-0.2, 0) is 13.8 Å². The molecule has 3 heterocycles. The third-order valence-electron chi connectivity index (χ3n) is 3.65. The number of imidazole rings is 1. The highest BCUT2D eigenvalue weighted by molar-refractivity contribution is 7.51. The summed E-state index contributed by atoms with van der Waals surface area (Å²) in [6.45, 7) is -0.529. The molecule has 1 aliphatic rings. The number of rotatable bonds is 5. The van der Waals surface area contributed by atoms with Crippen molar-refractivity contribution in [2.24, 2.45) is 0 Å². The Labute approximate surface area is 139 Å². The number of aliphatic hydroxyl groups excluding tert-OH is 2. The van der Waals surface area contributed by atoms with Gasteiger partial charge in [-0.1, -0.05) is 0 Å². The van der Waals surface area contributed by atoms with Crippen molar-refractivity contribution in [3.63, 3.8) is 0 Å². The molecule has 0 spiro atoms. The fourth-order valence-corrected chi connectivity index (χ4v) is 3.26. The standard InChI is InChI=1S/C12H15N4O8P/c17-8-1-3-16(12(20)14-8)11-10(19)9(18)7(24-11)5-23-25(21,22)15-4-2-13-6-15/h1-4,6-7,9-11,18-19H,5H2,(H,21,22)(H,14,17,20). The maximum atomic E-state index is 12.0. The minimum Gasteiger partial charge on any atom is -0.387 e. The first-order valence-electron chi connectivity index (χ1n) is 7.09. The predicted molar refractivity (Wildman–Crippen MR) is 80.6 cm³/mol. The summed E-state index contributed by atoms with van der Waals surface area (Å²) in [6, 6.07) is 1.05. The summed E-state index contributed by atoms with van der Waals surface area (Å²) in [4.78, 5) is 38.3. The second kappa shape index (κ2) is 6.67. The smallest absolute Gasteiger partial charge is 0.387 e. The second-order valence-electron chi connectivity index (χ2n) is 5.29. The van der Waals surface area contributed by atoms with E-state index in [1.165, 1.54) is 12.4 Å². The van der Waals surface area contributed by atoms with E-state index in [1.54, 1.807) is 0 Å². The molecule has 2 aromatic heterocycles.